The normalized spacial score (nSPS) is 18.8. The quantitative estimate of drug-likeness (QED) is 0.564. The predicted molar refractivity (Wildman–Crippen MR) is 44.3 cm³/mol. The lowest BCUT2D eigenvalue weighted by Gasteiger charge is -2.15. The molecule has 0 fully saturated rings. The number of aliphatic hydroxyl groups excluding tert-OH is 1. The van der Waals surface area contributed by atoms with Crippen molar-refractivity contribution in [2.45, 2.75) is 30.8 Å². The van der Waals surface area contributed by atoms with Gasteiger partial charge in [-0.3, -0.25) is 0 Å². The first kappa shape index (κ1) is 8.69. The molecule has 0 bridgehead atoms. The zero-order chi connectivity index (χ0) is 6.73. The third-order valence-corrected chi connectivity index (χ3v) is 1.89. The van der Waals surface area contributed by atoms with Gasteiger partial charge in [0.05, 0.1) is 6.10 Å². The summed E-state index contributed by atoms with van der Waals surface area (Å²) in [6.45, 7) is 6.07. The zero-order valence-electron chi connectivity index (χ0n) is 5.56. The molecule has 0 heterocycles. The second-order valence-corrected chi connectivity index (χ2v) is 4.38. The Balaban J connectivity index is 3.46. The molecule has 0 aliphatic heterocycles. The van der Waals surface area contributed by atoms with Gasteiger partial charge in [0, 0.05) is 3.92 Å². The van der Waals surface area contributed by atoms with Gasteiger partial charge < -0.3 is 5.11 Å². The van der Waals surface area contributed by atoms with Crippen LogP contribution in [0.2, 0.25) is 0 Å². The molecule has 0 aromatic heterocycles. The highest BCUT2D eigenvalue weighted by molar-refractivity contribution is 14.1. The highest BCUT2D eigenvalue weighted by atomic mass is 127. The van der Waals surface area contributed by atoms with Gasteiger partial charge in [0.1, 0.15) is 0 Å². The molecule has 0 saturated carbocycles. The van der Waals surface area contributed by atoms with Crippen LogP contribution in [0, 0.1) is 5.92 Å². The van der Waals surface area contributed by atoms with Gasteiger partial charge in [0.2, 0.25) is 0 Å². The van der Waals surface area contributed by atoms with Crippen LogP contribution < -0.4 is 0 Å². The lowest BCUT2D eigenvalue weighted by Crippen LogP contribution is -2.23. The van der Waals surface area contributed by atoms with Crippen molar-refractivity contribution < 1.29 is 5.11 Å². The Labute approximate surface area is 64.6 Å². The first-order valence-electron chi connectivity index (χ1n) is 2.88. The van der Waals surface area contributed by atoms with Crippen LogP contribution in [0.3, 0.4) is 0 Å². The average Bonchev–Trinajstić information content (AvgIpc) is 1.64. The van der Waals surface area contributed by atoms with Crippen LogP contribution in [-0.4, -0.2) is 15.1 Å². The summed E-state index contributed by atoms with van der Waals surface area (Å²) in [5.41, 5.74) is 0. The molecule has 50 valence electrons. The summed E-state index contributed by atoms with van der Waals surface area (Å²) in [7, 11) is 0. The van der Waals surface area contributed by atoms with E-state index in [1.807, 2.05) is 20.8 Å². The molecule has 0 aliphatic carbocycles. The maximum atomic E-state index is 9.20. The minimum atomic E-state index is -0.143. The number of hydrogen-bond donors (Lipinski definition) is 1. The van der Waals surface area contributed by atoms with E-state index in [0.29, 0.717) is 9.84 Å². The van der Waals surface area contributed by atoms with E-state index < -0.39 is 0 Å². The topological polar surface area (TPSA) is 20.2 Å². The van der Waals surface area contributed by atoms with Crippen LogP contribution >= 0.6 is 22.6 Å². The fourth-order valence-electron chi connectivity index (χ4n) is 0.530. The summed E-state index contributed by atoms with van der Waals surface area (Å²) in [6, 6.07) is 0. The zero-order valence-corrected chi connectivity index (χ0v) is 7.71. The molecule has 2 atom stereocenters. The molecule has 1 N–H and O–H groups in total. The molecule has 0 rings (SSSR count). The fraction of sp³-hybridized carbons (Fsp3) is 1.00. The Morgan fingerprint density at radius 2 is 1.62 bits per heavy atom. The summed E-state index contributed by atoms with van der Waals surface area (Å²) in [6.07, 6.45) is -0.143. The average molecular weight is 228 g/mol. The van der Waals surface area contributed by atoms with Gasteiger partial charge >= 0.3 is 0 Å². The van der Waals surface area contributed by atoms with Crippen LogP contribution in [-0.2, 0) is 0 Å². The molecular formula is C6H13IO. The van der Waals surface area contributed by atoms with Gasteiger partial charge in [0.25, 0.3) is 0 Å². The second-order valence-electron chi connectivity index (χ2n) is 2.41. The standard InChI is InChI=1S/C6H13IO/c1-4(2)6(8)5(3)7/h4-6,8H,1-3H3/t5-,6-/m0/s1. The highest BCUT2D eigenvalue weighted by Crippen LogP contribution is 2.12. The van der Waals surface area contributed by atoms with Crippen molar-refractivity contribution >= 4 is 22.6 Å². The first-order chi connectivity index (χ1) is 3.55. The first-order valence-corrected chi connectivity index (χ1v) is 4.12. The molecule has 0 unspecified atom stereocenters. The van der Waals surface area contributed by atoms with Crippen LogP contribution in [0.5, 0.6) is 0 Å². The van der Waals surface area contributed by atoms with E-state index in [0.717, 1.165) is 0 Å². The molecule has 8 heavy (non-hydrogen) atoms. The van der Waals surface area contributed by atoms with Crippen molar-refractivity contribution in [2.75, 3.05) is 0 Å². The lowest BCUT2D eigenvalue weighted by atomic mass is 10.1. The van der Waals surface area contributed by atoms with Crippen LogP contribution in [0.4, 0.5) is 0 Å². The Morgan fingerprint density at radius 3 is 1.62 bits per heavy atom. The molecule has 0 aromatic carbocycles. The Hall–Kier alpha value is 0.690. The second kappa shape index (κ2) is 3.67. The van der Waals surface area contributed by atoms with Crippen LogP contribution in [0.1, 0.15) is 20.8 Å². The molecular weight excluding hydrogens is 215 g/mol. The van der Waals surface area contributed by atoms with E-state index in [1.165, 1.54) is 0 Å². The van der Waals surface area contributed by atoms with Crippen LogP contribution in [0.15, 0.2) is 0 Å². The van der Waals surface area contributed by atoms with Crippen molar-refractivity contribution in [3.8, 4) is 0 Å². The third kappa shape index (κ3) is 2.87. The van der Waals surface area contributed by atoms with Crippen molar-refractivity contribution in [3.63, 3.8) is 0 Å². The molecule has 0 aromatic rings. The minimum absolute atomic E-state index is 0.143. The SMILES string of the molecule is CC(C)[C@H](O)[C@H](C)I. The summed E-state index contributed by atoms with van der Waals surface area (Å²) in [4.78, 5) is 0. The fourth-order valence-corrected chi connectivity index (χ4v) is 1.36. The number of alkyl halides is 1. The monoisotopic (exact) mass is 228 g/mol. The Bertz CT molecular complexity index is 53.5. The van der Waals surface area contributed by atoms with E-state index in [2.05, 4.69) is 22.6 Å². The Morgan fingerprint density at radius 1 is 1.25 bits per heavy atom. The maximum absolute atomic E-state index is 9.20. The van der Waals surface area contributed by atoms with Crippen molar-refractivity contribution in [1.82, 2.24) is 0 Å². The van der Waals surface area contributed by atoms with Gasteiger partial charge in [-0.25, -0.2) is 0 Å². The lowest BCUT2D eigenvalue weighted by molar-refractivity contribution is 0.131. The number of rotatable bonds is 2. The van der Waals surface area contributed by atoms with Gasteiger partial charge in [-0.05, 0) is 5.92 Å². The van der Waals surface area contributed by atoms with Gasteiger partial charge in [0.15, 0.2) is 0 Å². The van der Waals surface area contributed by atoms with Gasteiger partial charge in [-0.1, -0.05) is 43.4 Å². The smallest absolute Gasteiger partial charge is 0.0677 e. The van der Waals surface area contributed by atoms with E-state index >= 15 is 0 Å². The molecule has 0 saturated heterocycles. The van der Waals surface area contributed by atoms with Gasteiger partial charge in [-0.2, -0.15) is 0 Å². The molecule has 0 spiro atoms. The molecule has 1 nitrogen and oxygen atoms in total. The molecule has 0 radical (unpaired) electrons. The molecule has 0 amide bonds. The largest absolute Gasteiger partial charge is 0.392 e. The number of aliphatic hydroxyl groups is 1. The van der Waals surface area contributed by atoms with E-state index in [9.17, 15) is 5.11 Å². The third-order valence-electron chi connectivity index (χ3n) is 1.15. The summed E-state index contributed by atoms with van der Waals surface area (Å²) >= 11 is 2.23. The number of halogens is 1. The highest BCUT2D eigenvalue weighted by Gasteiger charge is 2.13. The molecule has 2 heteroatoms. The van der Waals surface area contributed by atoms with E-state index in [1.54, 1.807) is 0 Å². The van der Waals surface area contributed by atoms with E-state index in [4.69, 9.17) is 0 Å². The maximum Gasteiger partial charge on any atom is 0.0677 e. The predicted octanol–water partition coefficient (Wildman–Crippen LogP) is 1.83. The molecule has 0 aliphatic rings. The van der Waals surface area contributed by atoms with Crippen molar-refractivity contribution in [3.05, 3.63) is 0 Å². The summed E-state index contributed by atoms with van der Waals surface area (Å²) < 4.78 is 0.368. The van der Waals surface area contributed by atoms with E-state index in [-0.39, 0.29) is 6.10 Å². The van der Waals surface area contributed by atoms with Crippen molar-refractivity contribution in [1.29, 1.82) is 0 Å². The number of hydrogen-bond acceptors (Lipinski definition) is 1. The summed E-state index contributed by atoms with van der Waals surface area (Å²) in [5.74, 6) is 0.391. The van der Waals surface area contributed by atoms with Gasteiger partial charge in [-0.15, -0.1) is 0 Å². The van der Waals surface area contributed by atoms with Crippen LogP contribution in [0.25, 0.3) is 0 Å². The Kier molecular flexibility index (Phi) is 3.98. The summed E-state index contributed by atoms with van der Waals surface area (Å²) in [5, 5.41) is 9.20. The minimum Gasteiger partial charge on any atom is -0.392 e. The van der Waals surface area contributed by atoms with Crippen molar-refractivity contribution in [2.24, 2.45) is 5.92 Å².